The number of sulfonamides is 1. The summed E-state index contributed by atoms with van der Waals surface area (Å²) in [4.78, 5) is 11.0. The van der Waals surface area contributed by atoms with E-state index in [0.717, 1.165) is 10.6 Å². The van der Waals surface area contributed by atoms with E-state index in [0.29, 0.717) is 5.57 Å². The van der Waals surface area contributed by atoms with Gasteiger partial charge in [0, 0.05) is 12.0 Å². The highest BCUT2D eigenvalue weighted by Gasteiger charge is 2.27. The average molecular weight is 210 g/mol. The van der Waals surface area contributed by atoms with Crippen LogP contribution >= 0.6 is 11.6 Å². The van der Waals surface area contributed by atoms with E-state index in [2.05, 4.69) is 0 Å². The minimum atomic E-state index is -3.42. The molecule has 0 radical (unpaired) electrons. The van der Waals surface area contributed by atoms with E-state index >= 15 is 0 Å². The Bertz CT molecular complexity index is 333. The van der Waals surface area contributed by atoms with E-state index in [1.807, 2.05) is 0 Å². The third kappa shape index (κ3) is 1.78. The Labute approximate surface area is 75.9 Å². The Morgan fingerprint density at radius 3 is 2.50 bits per heavy atom. The van der Waals surface area contributed by atoms with Crippen LogP contribution in [0.1, 0.15) is 0 Å². The van der Waals surface area contributed by atoms with Gasteiger partial charge in [-0.05, 0) is 5.57 Å². The molecule has 1 aliphatic heterocycles. The van der Waals surface area contributed by atoms with Crippen LogP contribution in [-0.4, -0.2) is 37.3 Å². The van der Waals surface area contributed by atoms with Crippen molar-refractivity contribution in [2.24, 2.45) is 0 Å². The predicted molar refractivity (Wildman–Crippen MR) is 45.4 cm³/mol. The molecule has 6 heteroatoms. The van der Waals surface area contributed by atoms with Crippen molar-refractivity contribution in [3.05, 3.63) is 11.6 Å². The molecule has 0 bridgehead atoms. The van der Waals surface area contributed by atoms with Gasteiger partial charge in [0.25, 0.3) is 5.91 Å². The highest BCUT2D eigenvalue weighted by molar-refractivity contribution is 7.88. The third-order valence-corrected chi connectivity index (χ3v) is 2.95. The lowest BCUT2D eigenvalue weighted by Crippen LogP contribution is -2.31. The Morgan fingerprint density at radius 2 is 2.25 bits per heavy atom. The summed E-state index contributed by atoms with van der Waals surface area (Å²) in [6, 6.07) is 0. The maximum absolute atomic E-state index is 11.0. The summed E-state index contributed by atoms with van der Waals surface area (Å²) in [5.74, 6) is -0.314. The number of hydrogen-bond acceptors (Lipinski definition) is 3. The second-order valence-electron chi connectivity index (χ2n) is 2.54. The molecule has 0 aromatic carbocycles. The molecule has 0 fully saturated rings. The van der Waals surface area contributed by atoms with Gasteiger partial charge in [-0.2, -0.15) is 0 Å². The zero-order valence-electron chi connectivity index (χ0n) is 6.45. The van der Waals surface area contributed by atoms with Crippen LogP contribution in [0.5, 0.6) is 0 Å². The minimum Gasteiger partial charge on any atom is -0.269 e. The zero-order chi connectivity index (χ0) is 9.35. The number of alkyl halides is 1. The van der Waals surface area contributed by atoms with Gasteiger partial charge in [-0.25, -0.2) is 12.7 Å². The number of halogens is 1. The van der Waals surface area contributed by atoms with E-state index in [4.69, 9.17) is 11.6 Å². The Morgan fingerprint density at radius 1 is 1.67 bits per heavy atom. The molecule has 0 aromatic heterocycles. The molecule has 0 spiro atoms. The van der Waals surface area contributed by atoms with E-state index < -0.39 is 15.9 Å². The number of carbonyl (C=O) groups is 1. The van der Waals surface area contributed by atoms with Crippen molar-refractivity contribution in [3.8, 4) is 0 Å². The summed E-state index contributed by atoms with van der Waals surface area (Å²) in [6.45, 7) is 0.0984. The monoisotopic (exact) mass is 209 g/mol. The van der Waals surface area contributed by atoms with Crippen LogP contribution in [0.25, 0.3) is 0 Å². The molecule has 0 saturated carbocycles. The number of carbonyl (C=O) groups excluding carboxylic acids is 1. The SMILES string of the molecule is CS(=O)(=O)N1CC(CCl)=CC1=O. The maximum Gasteiger partial charge on any atom is 0.260 e. The summed E-state index contributed by atoms with van der Waals surface area (Å²) in [5, 5.41) is 0. The van der Waals surface area contributed by atoms with Gasteiger partial charge in [-0.1, -0.05) is 0 Å². The van der Waals surface area contributed by atoms with Gasteiger partial charge in [0.2, 0.25) is 10.0 Å². The van der Waals surface area contributed by atoms with Gasteiger partial charge in [0.1, 0.15) is 0 Å². The predicted octanol–water partition coefficient (Wildman–Crippen LogP) is -0.0466. The first-order valence-corrected chi connectivity index (χ1v) is 5.60. The van der Waals surface area contributed by atoms with Crippen LogP contribution in [0, 0.1) is 0 Å². The fourth-order valence-electron chi connectivity index (χ4n) is 0.916. The van der Waals surface area contributed by atoms with E-state index in [1.54, 1.807) is 0 Å². The summed E-state index contributed by atoms with van der Waals surface area (Å²) in [6.07, 6.45) is 2.25. The second kappa shape index (κ2) is 3.06. The van der Waals surface area contributed by atoms with Crippen molar-refractivity contribution in [3.63, 3.8) is 0 Å². The van der Waals surface area contributed by atoms with Crippen LogP contribution in [0.3, 0.4) is 0 Å². The molecule has 1 rings (SSSR count). The molecule has 4 nitrogen and oxygen atoms in total. The molecule has 1 aliphatic rings. The number of nitrogens with zero attached hydrogens (tertiary/aromatic N) is 1. The van der Waals surface area contributed by atoms with Gasteiger partial charge in [0.15, 0.2) is 0 Å². The average Bonchev–Trinajstić information content (AvgIpc) is 2.29. The van der Waals surface area contributed by atoms with Crippen LogP contribution in [0.15, 0.2) is 11.6 Å². The Hall–Kier alpha value is -0.550. The van der Waals surface area contributed by atoms with Crippen molar-refractivity contribution >= 4 is 27.5 Å². The lowest BCUT2D eigenvalue weighted by Gasteiger charge is -2.12. The topological polar surface area (TPSA) is 54.5 Å². The molecule has 1 amide bonds. The van der Waals surface area contributed by atoms with Crippen molar-refractivity contribution < 1.29 is 13.2 Å². The second-order valence-corrected chi connectivity index (χ2v) is 4.72. The molecule has 68 valence electrons. The molecule has 12 heavy (non-hydrogen) atoms. The quantitative estimate of drug-likeness (QED) is 0.600. The zero-order valence-corrected chi connectivity index (χ0v) is 8.02. The molecule has 0 atom stereocenters. The number of hydrogen-bond donors (Lipinski definition) is 0. The first kappa shape index (κ1) is 9.54. The van der Waals surface area contributed by atoms with Crippen LogP contribution < -0.4 is 0 Å². The van der Waals surface area contributed by atoms with Crippen LogP contribution in [0.2, 0.25) is 0 Å². The van der Waals surface area contributed by atoms with Crippen LogP contribution in [-0.2, 0) is 14.8 Å². The van der Waals surface area contributed by atoms with Crippen molar-refractivity contribution in [1.82, 2.24) is 4.31 Å². The van der Waals surface area contributed by atoms with Gasteiger partial charge < -0.3 is 0 Å². The summed E-state index contributed by atoms with van der Waals surface area (Å²) in [5.41, 5.74) is 0.632. The molecular weight excluding hydrogens is 202 g/mol. The maximum atomic E-state index is 11.0. The molecule has 0 aliphatic carbocycles. The molecule has 0 unspecified atom stereocenters. The largest absolute Gasteiger partial charge is 0.269 e. The normalized spacial score (nSPS) is 18.3. The van der Waals surface area contributed by atoms with Crippen molar-refractivity contribution in [2.75, 3.05) is 18.7 Å². The van der Waals surface area contributed by atoms with Gasteiger partial charge in [0.05, 0.1) is 12.8 Å². The molecule has 0 saturated heterocycles. The minimum absolute atomic E-state index is 0.0984. The smallest absolute Gasteiger partial charge is 0.260 e. The highest BCUT2D eigenvalue weighted by atomic mass is 35.5. The molecule has 0 N–H and O–H groups in total. The highest BCUT2D eigenvalue weighted by Crippen LogP contribution is 2.14. The summed E-state index contributed by atoms with van der Waals surface area (Å²) >= 11 is 5.45. The first-order chi connectivity index (χ1) is 5.45. The van der Waals surface area contributed by atoms with Crippen molar-refractivity contribution in [2.45, 2.75) is 0 Å². The standard InChI is InChI=1S/C6H8ClNO3S/c1-12(10,11)8-4-5(3-7)2-6(8)9/h2H,3-4H2,1H3. The van der Waals surface area contributed by atoms with Gasteiger partial charge in [-0.15, -0.1) is 11.6 Å². The summed E-state index contributed by atoms with van der Waals surface area (Å²) < 4.78 is 22.7. The fraction of sp³-hybridized carbons (Fsp3) is 0.500. The summed E-state index contributed by atoms with van der Waals surface area (Å²) in [7, 11) is -3.42. The lowest BCUT2D eigenvalue weighted by atomic mass is 10.3. The van der Waals surface area contributed by atoms with E-state index in [-0.39, 0.29) is 12.4 Å². The molecule has 1 heterocycles. The number of rotatable bonds is 2. The van der Waals surface area contributed by atoms with Crippen molar-refractivity contribution in [1.29, 1.82) is 0 Å². The fourth-order valence-corrected chi connectivity index (χ4v) is 1.86. The lowest BCUT2D eigenvalue weighted by molar-refractivity contribution is -0.120. The van der Waals surface area contributed by atoms with E-state index in [9.17, 15) is 13.2 Å². The first-order valence-electron chi connectivity index (χ1n) is 3.22. The molecular formula is C6H8ClNO3S. The number of amides is 1. The molecule has 0 aromatic rings. The van der Waals surface area contributed by atoms with Gasteiger partial charge in [-0.3, -0.25) is 4.79 Å². The van der Waals surface area contributed by atoms with Crippen LogP contribution in [0.4, 0.5) is 0 Å². The third-order valence-electron chi connectivity index (χ3n) is 1.49. The van der Waals surface area contributed by atoms with E-state index in [1.165, 1.54) is 6.08 Å². The Kier molecular flexibility index (Phi) is 2.44. The van der Waals surface area contributed by atoms with Gasteiger partial charge >= 0.3 is 0 Å². The Balaban J connectivity index is 2.87.